The average Bonchev–Trinajstić information content (AvgIpc) is 2.31. The van der Waals surface area contributed by atoms with E-state index >= 15 is 0 Å². The molecule has 0 N–H and O–H groups in total. The van der Waals surface area contributed by atoms with Gasteiger partial charge in [0, 0.05) is 0 Å². The molecule has 0 saturated heterocycles. The molecular weight excluding hydrogens is 204 g/mol. The van der Waals surface area contributed by atoms with E-state index in [2.05, 4.69) is 62.9 Å². The molecule has 0 heteroatoms. The summed E-state index contributed by atoms with van der Waals surface area (Å²) in [4.78, 5) is 0. The summed E-state index contributed by atoms with van der Waals surface area (Å²) in [5.74, 6) is 0. The van der Waals surface area contributed by atoms with Gasteiger partial charge in [-0.2, -0.15) is 0 Å². The van der Waals surface area contributed by atoms with Gasteiger partial charge in [-0.1, -0.05) is 61.2 Å². The summed E-state index contributed by atoms with van der Waals surface area (Å²) in [6.45, 7) is 10.1. The first-order chi connectivity index (χ1) is 8.20. The summed E-state index contributed by atoms with van der Waals surface area (Å²) in [6.07, 6.45) is 8.10. The molecule has 0 heterocycles. The van der Waals surface area contributed by atoms with Crippen molar-refractivity contribution in [3.8, 4) is 0 Å². The molecular formula is C17H20. The Hall–Kier alpha value is -1.82. The van der Waals surface area contributed by atoms with Crippen LogP contribution in [0.3, 0.4) is 0 Å². The predicted molar refractivity (Wildman–Crippen MR) is 77.8 cm³/mol. The molecule has 0 unspecified atom stereocenters. The maximum absolute atomic E-state index is 3.77. The Morgan fingerprint density at radius 3 is 2.29 bits per heavy atom. The van der Waals surface area contributed by atoms with Crippen LogP contribution in [0.25, 0.3) is 5.57 Å². The second-order valence-electron chi connectivity index (χ2n) is 4.01. The van der Waals surface area contributed by atoms with Gasteiger partial charge in [0.05, 0.1) is 0 Å². The molecule has 1 aromatic rings. The van der Waals surface area contributed by atoms with Crippen molar-refractivity contribution < 1.29 is 0 Å². The van der Waals surface area contributed by atoms with E-state index in [4.69, 9.17) is 0 Å². The van der Waals surface area contributed by atoms with Crippen molar-refractivity contribution in [2.24, 2.45) is 0 Å². The van der Waals surface area contributed by atoms with Gasteiger partial charge in [-0.15, -0.1) is 0 Å². The molecule has 0 spiro atoms. The highest BCUT2D eigenvalue weighted by atomic mass is 14.1. The lowest BCUT2D eigenvalue weighted by Crippen LogP contribution is -1.90. The van der Waals surface area contributed by atoms with Gasteiger partial charge in [0.25, 0.3) is 0 Å². The highest BCUT2D eigenvalue weighted by Gasteiger charge is 2.05. The molecule has 1 rings (SSSR count). The molecule has 88 valence electrons. The number of allylic oxidation sites excluding steroid dienone is 7. The van der Waals surface area contributed by atoms with Crippen LogP contribution in [0.1, 0.15) is 26.3 Å². The van der Waals surface area contributed by atoms with E-state index in [1.54, 1.807) is 0 Å². The summed E-state index contributed by atoms with van der Waals surface area (Å²) >= 11 is 0. The van der Waals surface area contributed by atoms with E-state index in [0.717, 1.165) is 0 Å². The molecule has 0 aliphatic rings. The number of rotatable bonds is 4. The van der Waals surface area contributed by atoms with Crippen molar-refractivity contribution in [3.63, 3.8) is 0 Å². The molecule has 17 heavy (non-hydrogen) atoms. The third-order valence-corrected chi connectivity index (χ3v) is 2.64. The average molecular weight is 224 g/mol. The van der Waals surface area contributed by atoms with Gasteiger partial charge < -0.3 is 0 Å². The number of hydrogen-bond donors (Lipinski definition) is 0. The van der Waals surface area contributed by atoms with Crippen molar-refractivity contribution in [2.75, 3.05) is 0 Å². The molecule has 0 fully saturated rings. The van der Waals surface area contributed by atoms with Crippen LogP contribution < -0.4 is 0 Å². The Balaban J connectivity index is 3.36. The zero-order valence-corrected chi connectivity index (χ0v) is 10.9. The van der Waals surface area contributed by atoms with E-state index in [0.29, 0.717) is 0 Å². The van der Waals surface area contributed by atoms with Gasteiger partial charge in [-0.3, -0.25) is 0 Å². The Bertz CT molecular complexity index is 456. The Morgan fingerprint density at radius 2 is 1.76 bits per heavy atom. The molecule has 0 bridgehead atoms. The van der Waals surface area contributed by atoms with Crippen LogP contribution in [0, 0.1) is 0 Å². The monoisotopic (exact) mass is 224 g/mol. The molecule has 0 radical (unpaired) electrons. The largest absolute Gasteiger partial charge is 0.0991 e. The summed E-state index contributed by atoms with van der Waals surface area (Å²) in [5, 5.41) is 0. The first kappa shape index (κ1) is 13.2. The minimum absolute atomic E-state index is 1.24. The SMILES string of the molecule is C=C/C=C(C)/C(=C(C)/C=C\C)c1ccccc1. The fraction of sp³-hybridized carbons (Fsp3) is 0.176. The van der Waals surface area contributed by atoms with E-state index < -0.39 is 0 Å². The predicted octanol–water partition coefficient (Wildman–Crippen LogP) is 5.17. The molecule has 0 aliphatic carbocycles. The summed E-state index contributed by atoms with van der Waals surface area (Å²) in [7, 11) is 0. The highest BCUT2D eigenvalue weighted by molar-refractivity contribution is 5.82. The van der Waals surface area contributed by atoms with E-state index in [1.807, 2.05) is 19.1 Å². The topological polar surface area (TPSA) is 0 Å². The fourth-order valence-corrected chi connectivity index (χ4v) is 1.96. The zero-order chi connectivity index (χ0) is 12.7. The minimum Gasteiger partial charge on any atom is -0.0991 e. The Morgan fingerprint density at radius 1 is 1.12 bits per heavy atom. The van der Waals surface area contributed by atoms with Crippen LogP contribution in [-0.2, 0) is 0 Å². The van der Waals surface area contributed by atoms with Crippen LogP contribution in [0.5, 0.6) is 0 Å². The van der Waals surface area contributed by atoms with Gasteiger partial charge in [-0.25, -0.2) is 0 Å². The lowest BCUT2D eigenvalue weighted by atomic mass is 9.94. The van der Waals surface area contributed by atoms with Crippen molar-refractivity contribution in [3.05, 3.63) is 77.9 Å². The molecule has 0 amide bonds. The number of benzene rings is 1. The van der Waals surface area contributed by atoms with Crippen LogP contribution in [0.4, 0.5) is 0 Å². The quantitative estimate of drug-likeness (QED) is 0.619. The van der Waals surface area contributed by atoms with E-state index in [9.17, 15) is 0 Å². The lowest BCUT2D eigenvalue weighted by Gasteiger charge is -2.11. The molecule has 0 atom stereocenters. The minimum atomic E-state index is 1.24. The van der Waals surface area contributed by atoms with Gasteiger partial charge in [0.15, 0.2) is 0 Å². The Kier molecular flexibility index (Phi) is 5.22. The Labute approximate surface area is 105 Å². The second-order valence-corrected chi connectivity index (χ2v) is 4.01. The van der Waals surface area contributed by atoms with Gasteiger partial charge in [0.2, 0.25) is 0 Å². The first-order valence-electron chi connectivity index (χ1n) is 5.89. The third-order valence-electron chi connectivity index (χ3n) is 2.64. The van der Waals surface area contributed by atoms with Crippen LogP contribution in [0.2, 0.25) is 0 Å². The summed E-state index contributed by atoms with van der Waals surface area (Å²) < 4.78 is 0. The molecule has 0 aliphatic heterocycles. The smallest absolute Gasteiger partial charge is 0.0126 e. The van der Waals surface area contributed by atoms with Crippen molar-refractivity contribution >= 4 is 5.57 Å². The third kappa shape index (κ3) is 3.60. The van der Waals surface area contributed by atoms with Crippen LogP contribution >= 0.6 is 0 Å². The number of hydrogen-bond acceptors (Lipinski definition) is 0. The molecule has 0 saturated carbocycles. The van der Waals surface area contributed by atoms with Crippen LogP contribution in [-0.4, -0.2) is 0 Å². The lowest BCUT2D eigenvalue weighted by molar-refractivity contribution is 1.42. The van der Waals surface area contributed by atoms with Gasteiger partial charge in [0.1, 0.15) is 0 Å². The van der Waals surface area contributed by atoms with Crippen molar-refractivity contribution in [2.45, 2.75) is 20.8 Å². The summed E-state index contributed by atoms with van der Waals surface area (Å²) in [5.41, 5.74) is 5.04. The maximum atomic E-state index is 3.77. The normalized spacial score (nSPS) is 13.7. The molecule has 1 aromatic carbocycles. The first-order valence-corrected chi connectivity index (χ1v) is 5.89. The van der Waals surface area contributed by atoms with Crippen molar-refractivity contribution in [1.82, 2.24) is 0 Å². The zero-order valence-electron chi connectivity index (χ0n) is 10.9. The second kappa shape index (κ2) is 6.70. The molecule has 0 aromatic heterocycles. The van der Waals surface area contributed by atoms with E-state index in [1.165, 1.54) is 22.3 Å². The maximum Gasteiger partial charge on any atom is -0.0126 e. The van der Waals surface area contributed by atoms with Gasteiger partial charge in [-0.05, 0) is 43.1 Å². The van der Waals surface area contributed by atoms with Crippen molar-refractivity contribution in [1.29, 1.82) is 0 Å². The van der Waals surface area contributed by atoms with E-state index in [-0.39, 0.29) is 0 Å². The molecule has 0 nitrogen and oxygen atoms in total. The standard InChI is InChI=1S/C17H20/c1-5-10-14(3)17(15(4)11-6-2)16-12-8-7-9-13-16/h5-13H,1H2,2-4H3/b11-6-,14-10+,17-15-. The summed E-state index contributed by atoms with van der Waals surface area (Å²) in [6, 6.07) is 10.5. The van der Waals surface area contributed by atoms with Crippen LogP contribution in [0.15, 0.2) is 72.4 Å². The highest BCUT2D eigenvalue weighted by Crippen LogP contribution is 2.27. The van der Waals surface area contributed by atoms with Gasteiger partial charge >= 0.3 is 0 Å². The fourth-order valence-electron chi connectivity index (χ4n) is 1.96.